The summed E-state index contributed by atoms with van der Waals surface area (Å²) in [6.07, 6.45) is 0.337. The van der Waals surface area contributed by atoms with Crippen LogP contribution in [0.3, 0.4) is 0 Å². The lowest BCUT2D eigenvalue weighted by atomic mass is 10.2. The second-order valence-corrected chi connectivity index (χ2v) is 4.28. The third kappa shape index (κ3) is 6.05. The predicted octanol–water partition coefficient (Wildman–Crippen LogP) is 2.14. The number of carboxylic acids is 1. The second-order valence-electron chi connectivity index (χ2n) is 3.84. The van der Waals surface area contributed by atoms with Crippen LogP contribution in [-0.4, -0.2) is 23.7 Å². The summed E-state index contributed by atoms with van der Waals surface area (Å²) in [6.45, 7) is 0.287. The first kappa shape index (κ1) is 15.2. The van der Waals surface area contributed by atoms with Crippen molar-refractivity contribution in [3.05, 3.63) is 34.6 Å². The molecule has 1 aromatic rings. The standard InChI is InChI=1S/C12H14ClFN2O3/c13-9-4-3-8(10(14)6-9)7-16-12(19)15-5-1-2-11(17)18/h3-4,6H,1-2,5,7H2,(H,17,18)(H2,15,16,19). The van der Waals surface area contributed by atoms with Crippen LogP contribution in [0, 0.1) is 5.82 Å². The average Bonchev–Trinajstić information content (AvgIpc) is 2.33. The second kappa shape index (κ2) is 7.58. The summed E-state index contributed by atoms with van der Waals surface area (Å²) >= 11 is 5.60. The van der Waals surface area contributed by atoms with Gasteiger partial charge in [0.2, 0.25) is 0 Å². The summed E-state index contributed by atoms with van der Waals surface area (Å²) in [5.74, 6) is -1.40. The molecule has 0 aromatic heterocycles. The monoisotopic (exact) mass is 288 g/mol. The number of urea groups is 1. The molecule has 5 nitrogen and oxygen atoms in total. The summed E-state index contributed by atoms with van der Waals surface area (Å²) in [5, 5.41) is 13.6. The van der Waals surface area contributed by atoms with Gasteiger partial charge in [-0.05, 0) is 18.6 Å². The molecule has 0 heterocycles. The summed E-state index contributed by atoms with van der Waals surface area (Å²) in [5.41, 5.74) is 0.324. The van der Waals surface area contributed by atoms with E-state index >= 15 is 0 Å². The van der Waals surface area contributed by atoms with Crippen LogP contribution in [0.25, 0.3) is 0 Å². The topological polar surface area (TPSA) is 78.4 Å². The van der Waals surface area contributed by atoms with Gasteiger partial charge in [-0.2, -0.15) is 0 Å². The van der Waals surface area contributed by atoms with E-state index in [4.69, 9.17) is 16.7 Å². The molecule has 0 fully saturated rings. The quantitative estimate of drug-likeness (QED) is 0.702. The van der Waals surface area contributed by atoms with Crippen LogP contribution in [0.2, 0.25) is 5.02 Å². The van der Waals surface area contributed by atoms with Crippen molar-refractivity contribution in [3.63, 3.8) is 0 Å². The Morgan fingerprint density at radius 1 is 1.32 bits per heavy atom. The molecule has 2 amide bonds. The van der Waals surface area contributed by atoms with Gasteiger partial charge in [-0.25, -0.2) is 9.18 Å². The number of aliphatic carboxylic acids is 1. The number of amides is 2. The minimum Gasteiger partial charge on any atom is -0.481 e. The van der Waals surface area contributed by atoms with Crippen molar-refractivity contribution in [2.75, 3.05) is 6.54 Å². The van der Waals surface area contributed by atoms with Crippen LogP contribution >= 0.6 is 11.6 Å². The van der Waals surface area contributed by atoms with Crippen LogP contribution in [0.4, 0.5) is 9.18 Å². The van der Waals surface area contributed by atoms with Crippen LogP contribution in [0.15, 0.2) is 18.2 Å². The van der Waals surface area contributed by atoms with Crippen molar-refractivity contribution >= 4 is 23.6 Å². The number of carbonyl (C=O) groups is 2. The van der Waals surface area contributed by atoms with E-state index in [1.54, 1.807) is 0 Å². The minimum absolute atomic E-state index is 0.00784. The van der Waals surface area contributed by atoms with Gasteiger partial charge in [0.1, 0.15) is 5.82 Å². The largest absolute Gasteiger partial charge is 0.481 e. The van der Waals surface area contributed by atoms with Gasteiger partial charge in [0, 0.05) is 30.1 Å². The zero-order chi connectivity index (χ0) is 14.3. The number of hydrogen-bond donors (Lipinski definition) is 3. The molecule has 104 valence electrons. The Bertz CT molecular complexity index is 468. The molecule has 7 heteroatoms. The fraction of sp³-hybridized carbons (Fsp3) is 0.333. The van der Waals surface area contributed by atoms with Crippen molar-refractivity contribution < 1.29 is 19.1 Å². The van der Waals surface area contributed by atoms with Gasteiger partial charge < -0.3 is 15.7 Å². The van der Waals surface area contributed by atoms with Gasteiger partial charge in [0.15, 0.2) is 0 Å². The number of halogens is 2. The molecule has 0 spiro atoms. The number of carbonyl (C=O) groups excluding carboxylic acids is 1. The fourth-order valence-corrected chi connectivity index (χ4v) is 1.50. The first-order valence-electron chi connectivity index (χ1n) is 5.66. The van der Waals surface area contributed by atoms with E-state index < -0.39 is 17.8 Å². The molecule has 0 aliphatic carbocycles. The highest BCUT2D eigenvalue weighted by Crippen LogP contribution is 2.14. The Hall–Kier alpha value is -1.82. The van der Waals surface area contributed by atoms with E-state index in [0.717, 1.165) is 0 Å². The summed E-state index contributed by atoms with van der Waals surface area (Å²) in [4.78, 5) is 21.6. The highest BCUT2D eigenvalue weighted by atomic mass is 35.5. The molecular weight excluding hydrogens is 275 g/mol. The van der Waals surface area contributed by atoms with Crippen LogP contribution < -0.4 is 10.6 Å². The lowest BCUT2D eigenvalue weighted by Gasteiger charge is -2.08. The summed E-state index contributed by atoms with van der Waals surface area (Å²) < 4.78 is 13.4. The average molecular weight is 289 g/mol. The van der Waals surface area contributed by atoms with Gasteiger partial charge in [-0.3, -0.25) is 4.79 Å². The third-order valence-electron chi connectivity index (χ3n) is 2.31. The molecule has 0 saturated carbocycles. The maximum Gasteiger partial charge on any atom is 0.315 e. The molecule has 0 unspecified atom stereocenters. The maximum atomic E-state index is 13.4. The van der Waals surface area contributed by atoms with E-state index in [-0.39, 0.29) is 19.5 Å². The normalized spacial score (nSPS) is 10.0. The number of nitrogens with one attached hydrogen (secondary N) is 2. The summed E-state index contributed by atoms with van der Waals surface area (Å²) in [6, 6.07) is 3.72. The summed E-state index contributed by atoms with van der Waals surface area (Å²) in [7, 11) is 0. The van der Waals surface area contributed by atoms with Crippen molar-refractivity contribution in [2.45, 2.75) is 19.4 Å². The lowest BCUT2D eigenvalue weighted by Crippen LogP contribution is -2.35. The van der Waals surface area contributed by atoms with E-state index in [1.165, 1.54) is 18.2 Å². The van der Waals surface area contributed by atoms with E-state index in [0.29, 0.717) is 17.0 Å². The first-order chi connectivity index (χ1) is 8.99. The number of carboxylic acid groups (broad SMARTS) is 1. The van der Waals surface area contributed by atoms with Crippen LogP contribution in [0.1, 0.15) is 18.4 Å². The zero-order valence-electron chi connectivity index (χ0n) is 10.1. The van der Waals surface area contributed by atoms with Gasteiger partial charge in [-0.1, -0.05) is 17.7 Å². The zero-order valence-corrected chi connectivity index (χ0v) is 10.8. The molecule has 0 bridgehead atoms. The van der Waals surface area contributed by atoms with Crippen molar-refractivity contribution in [2.24, 2.45) is 0 Å². The smallest absolute Gasteiger partial charge is 0.315 e. The predicted molar refractivity (Wildman–Crippen MR) is 68.5 cm³/mol. The van der Waals surface area contributed by atoms with Gasteiger partial charge in [0.05, 0.1) is 0 Å². The maximum absolute atomic E-state index is 13.4. The van der Waals surface area contributed by atoms with E-state index in [9.17, 15) is 14.0 Å². The number of hydrogen-bond acceptors (Lipinski definition) is 2. The molecule has 19 heavy (non-hydrogen) atoms. The molecule has 1 rings (SSSR count). The highest BCUT2D eigenvalue weighted by molar-refractivity contribution is 6.30. The van der Waals surface area contributed by atoms with Gasteiger partial charge in [-0.15, -0.1) is 0 Å². The minimum atomic E-state index is -0.912. The molecule has 1 aromatic carbocycles. The Morgan fingerprint density at radius 3 is 2.68 bits per heavy atom. The molecular formula is C12H14ClFN2O3. The van der Waals surface area contributed by atoms with Gasteiger partial charge >= 0.3 is 12.0 Å². The third-order valence-corrected chi connectivity index (χ3v) is 2.54. The first-order valence-corrected chi connectivity index (χ1v) is 6.04. The molecule has 0 radical (unpaired) electrons. The van der Waals surface area contributed by atoms with Crippen molar-refractivity contribution in [3.8, 4) is 0 Å². The van der Waals surface area contributed by atoms with Gasteiger partial charge in [0.25, 0.3) is 0 Å². The van der Waals surface area contributed by atoms with E-state index in [1.807, 2.05) is 0 Å². The fourth-order valence-electron chi connectivity index (χ4n) is 1.34. The molecule has 0 atom stereocenters. The lowest BCUT2D eigenvalue weighted by molar-refractivity contribution is -0.137. The molecule has 0 aliphatic heterocycles. The Labute approximate surface area is 114 Å². The van der Waals surface area contributed by atoms with Crippen molar-refractivity contribution in [1.29, 1.82) is 0 Å². The SMILES string of the molecule is O=C(O)CCCNC(=O)NCc1ccc(Cl)cc1F. The number of benzene rings is 1. The van der Waals surface area contributed by atoms with Crippen LogP contribution in [-0.2, 0) is 11.3 Å². The molecule has 0 aliphatic rings. The Kier molecular flexibility index (Phi) is 6.08. The Morgan fingerprint density at radius 2 is 2.05 bits per heavy atom. The Balaban J connectivity index is 2.28. The number of rotatable bonds is 6. The highest BCUT2D eigenvalue weighted by Gasteiger charge is 2.05. The van der Waals surface area contributed by atoms with E-state index in [2.05, 4.69) is 10.6 Å². The molecule has 3 N–H and O–H groups in total. The van der Waals surface area contributed by atoms with Crippen LogP contribution in [0.5, 0.6) is 0 Å². The van der Waals surface area contributed by atoms with Crippen molar-refractivity contribution in [1.82, 2.24) is 10.6 Å². The molecule has 0 saturated heterocycles.